The maximum Gasteiger partial charge on any atom is 0.140 e. The third-order valence-electron chi connectivity index (χ3n) is 5.01. The number of ether oxygens (including phenoxy) is 1. The van der Waals surface area contributed by atoms with Crippen molar-refractivity contribution >= 4 is 5.78 Å². The average molecular weight is 284 g/mol. The summed E-state index contributed by atoms with van der Waals surface area (Å²) < 4.78 is 5.40. The van der Waals surface area contributed by atoms with Crippen LogP contribution in [-0.2, 0) is 9.53 Å². The Hall–Kier alpha value is -1.41. The summed E-state index contributed by atoms with van der Waals surface area (Å²) >= 11 is 0. The number of allylic oxidation sites excluding steroid dienone is 2. The van der Waals surface area contributed by atoms with Gasteiger partial charge in [-0.1, -0.05) is 36.4 Å². The summed E-state index contributed by atoms with van der Waals surface area (Å²) in [4.78, 5) is 13.0. The summed E-state index contributed by atoms with van der Waals surface area (Å²) in [5.41, 5.74) is 2.66. The van der Waals surface area contributed by atoms with Crippen molar-refractivity contribution in [3.63, 3.8) is 0 Å². The van der Waals surface area contributed by atoms with Crippen LogP contribution in [0.5, 0.6) is 0 Å². The first kappa shape index (κ1) is 14.5. The second kappa shape index (κ2) is 6.57. The van der Waals surface area contributed by atoms with E-state index in [9.17, 15) is 4.79 Å². The lowest BCUT2D eigenvalue weighted by molar-refractivity contribution is -0.130. The smallest absolute Gasteiger partial charge is 0.140 e. The van der Waals surface area contributed by atoms with Gasteiger partial charge in [-0.05, 0) is 49.7 Å². The topological polar surface area (TPSA) is 26.3 Å². The normalized spacial score (nSPS) is 26.7. The minimum absolute atomic E-state index is 0.152. The number of carbonyl (C=O) groups excluding carboxylic acids is 1. The lowest BCUT2D eigenvalue weighted by Gasteiger charge is -2.32. The van der Waals surface area contributed by atoms with E-state index in [4.69, 9.17) is 4.74 Å². The Morgan fingerprint density at radius 1 is 1.10 bits per heavy atom. The van der Waals surface area contributed by atoms with Crippen molar-refractivity contribution in [1.29, 1.82) is 0 Å². The molecule has 2 atom stereocenters. The molecule has 0 bridgehead atoms. The molecule has 1 heterocycles. The molecule has 0 radical (unpaired) electrons. The highest BCUT2D eigenvalue weighted by molar-refractivity contribution is 5.85. The van der Waals surface area contributed by atoms with Crippen LogP contribution < -0.4 is 0 Å². The Kier molecular flexibility index (Phi) is 4.54. The maximum absolute atomic E-state index is 13.0. The lowest BCUT2D eigenvalue weighted by atomic mass is 9.71. The SMILES string of the molecule is Cc1ccccc1[C@H]1CC=CCC1C(=O)C1CCOCC1. The second-order valence-corrected chi connectivity index (χ2v) is 6.30. The van der Waals surface area contributed by atoms with Crippen LogP contribution in [0.3, 0.4) is 0 Å². The van der Waals surface area contributed by atoms with Crippen molar-refractivity contribution in [2.45, 2.75) is 38.5 Å². The summed E-state index contributed by atoms with van der Waals surface area (Å²) in [5, 5.41) is 0. The molecule has 2 aliphatic rings. The highest BCUT2D eigenvalue weighted by atomic mass is 16.5. The third-order valence-corrected chi connectivity index (χ3v) is 5.01. The number of Topliss-reactive ketones (excluding diaryl/α,β-unsaturated/α-hetero) is 1. The van der Waals surface area contributed by atoms with Crippen molar-refractivity contribution in [1.82, 2.24) is 0 Å². The minimum atomic E-state index is 0.152. The van der Waals surface area contributed by atoms with E-state index in [1.54, 1.807) is 0 Å². The minimum Gasteiger partial charge on any atom is -0.381 e. The molecular formula is C19H24O2. The fourth-order valence-electron chi connectivity index (χ4n) is 3.76. The molecule has 21 heavy (non-hydrogen) atoms. The van der Waals surface area contributed by atoms with Crippen LogP contribution in [0.25, 0.3) is 0 Å². The highest BCUT2D eigenvalue weighted by Gasteiger charge is 2.35. The van der Waals surface area contributed by atoms with Crippen molar-refractivity contribution < 1.29 is 9.53 Å². The van der Waals surface area contributed by atoms with Crippen LogP contribution in [0.15, 0.2) is 36.4 Å². The number of hydrogen-bond acceptors (Lipinski definition) is 2. The molecule has 112 valence electrons. The van der Waals surface area contributed by atoms with Gasteiger partial charge in [0, 0.05) is 25.0 Å². The quantitative estimate of drug-likeness (QED) is 0.783. The highest BCUT2D eigenvalue weighted by Crippen LogP contribution is 2.39. The predicted octanol–water partition coefficient (Wildman–Crippen LogP) is 4.04. The van der Waals surface area contributed by atoms with Crippen LogP contribution in [0.2, 0.25) is 0 Å². The Balaban J connectivity index is 1.83. The van der Waals surface area contributed by atoms with Crippen LogP contribution in [-0.4, -0.2) is 19.0 Å². The Bertz CT molecular complexity index is 526. The number of aryl methyl sites for hydroxylation is 1. The summed E-state index contributed by atoms with van der Waals surface area (Å²) in [6.07, 6.45) is 8.13. The average Bonchev–Trinajstić information content (AvgIpc) is 2.55. The molecule has 0 N–H and O–H groups in total. The van der Waals surface area contributed by atoms with E-state index in [1.807, 2.05) is 0 Å². The van der Waals surface area contributed by atoms with Crippen LogP contribution in [0.4, 0.5) is 0 Å². The van der Waals surface area contributed by atoms with Gasteiger partial charge in [0.25, 0.3) is 0 Å². The lowest BCUT2D eigenvalue weighted by Crippen LogP contribution is -2.33. The number of benzene rings is 1. The van der Waals surface area contributed by atoms with Gasteiger partial charge in [-0.25, -0.2) is 0 Å². The zero-order valence-electron chi connectivity index (χ0n) is 12.8. The summed E-state index contributed by atoms with van der Waals surface area (Å²) in [7, 11) is 0. The Labute approximate surface area is 127 Å². The van der Waals surface area contributed by atoms with Crippen LogP contribution in [0, 0.1) is 18.8 Å². The van der Waals surface area contributed by atoms with E-state index in [1.165, 1.54) is 11.1 Å². The third kappa shape index (κ3) is 3.11. The Morgan fingerprint density at radius 2 is 1.81 bits per heavy atom. The molecule has 1 unspecified atom stereocenters. The Morgan fingerprint density at radius 3 is 2.57 bits per heavy atom. The zero-order chi connectivity index (χ0) is 14.7. The first-order valence-corrected chi connectivity index (χ1v) is 8.09. The molecule has 0 saturated carbocycles. The molecule has 2 nitrogen and oxygen atoms in total. The zero-order valence-corrected chi connectivity index (χ0v) is 12.8. The van der Waals surface area contributed by atoms with Crippen molar-refractivity contribution in [3.8, 4) is 0 Å². The van der Waals surface area contributed by atoms with Gasteiger partial charge in [-0.3, -0.25) is 4.79 Å². The molecule has 1 aliphatic heterocycles. The largest absolute Gasteiger partial charge is 0.381 e. The van der Waals surface area contributed by atoms with E-state index < -0.39 is 0 Å². The number of rotatable bonds is 3. The molecule has 1 aliphatic carbocycles. The fraction of sp³-hybridized carbons (Fsp3) is 0.526. The van der Waals surface area contributed by atoms with Crippen LogP contribution >= 0.6 is 0 Å². The van der Waals surface area contributed by atoms with Gasteiger partial charge in [0.1, 0.15) is 5.78 Å². The molecule has 2 heteroatoms. The first-order chi connectivity index (χ1) is 10.3. The van der Waals surface area contributed by atoms with Gasteiger partial charge in [0.05, 0.1) is 0 Å². The monoisotopic (exact) mass is 284 g/mol. The first-order valence-electron chi connectivity index (χ1n) is 8.09. The van der Waals surface area contributed by atoms with Gasteiger partial charge in [0.2, 0.25) is 0 Å². The predicted molar refractivity (Wildman–Crippen MR) is 84.3 cm³/mol. The van der Waals surface area contributed by atoms with Gasteiger partial charge in [-0.15, -0.1) is 0 Å². The number of hydrogen-bond donors (Lipinski definition) is 0. The van der Waals surface area contributed by atoms with E-state index in [0.717, 1.165) is 38.9 Å². The van der Waals surface area contributed by atoms with Crippen molar-refractivity contribution in [2.24, 2.45) is 11.8 Å². The maximum atomic E-state index is 13.0. The molecule has 1 saturated heterocycles. The molecule has 3 rings (SSSR count). The van der Waals surface area contributed by atoms with Gasteiger partial charge < -0.3 is 4.74 Å². The molecule has 0 aromatic heterocycles. The van der Waals surface area contributed by atoms with Crippen molar-refractivity contribution in [2.75, 3.05) is 13.2 Å². The van der Waals surface area contributed by atoms with Crippen LogP contribution in [0.1, 0.15) is 42.7 Å². The molecule has 0 amide bonds. The summed E-state index contributed by atoms with van der Waals surface area (Å²) in [5.74, 6) is 1.18. The molecule has 1 aromatic carbocycles. The fourth-order valence-corrected chi connectivity index (χ4v) is 3.76. The van der Waals surface area contributed by atoms with Gasteiger partial charge >= 0.3 is 0 Å². The van der Waals surface area contributed by atoms with E-state index >= 15 is 0 Å². The van der Waals surface area contributed by atoms with Gasteiger partial charge in [-0.2, -0.15) is 0 Å². The summed E-state index contributed by atoms with van der Waals surface area (Å²) in [6.45, 7) is 3.64. The van der Waals surface area contributed by atoms with E-state index in [0.29, 0.717) is 11.7 Å². The standard InChI is InChI=1S/C19H24O2/c1-14-6-2-3-7-16(14)17-8-4-5-9-18(17)19(20)15-10-12-21-13-11-15/h2-7,15,17-18H,8-13H2,1H3/t17-,18?/m1/s1. The van der Waals surface area contributed by atoms with E-state index in [-0.39, 0.29) is 11.8 Å². The number of carbonyl (C=O) groups is 1. The molecule has 1 aromatic rings. The van der Waals surface area contributed by atoms with Crippen molar-refractivity contribution in [3.05, 3.63) is 47.5 Å². The number of ketones is 1. The molecule has 0 spiro atoms. The van der Waals surface area contributed by atoms with Gasteiger partial charge in [0.15, 0.2) is 0 Å². The summed E-state index contributed by atoms with van der Waals surface area (Å²) in [6, 6.07) is 8.52. The molecule has 1 fully saturated rings. The molecular weight excluding hydrogens is 260 g/mol. The van der Waals surface area contributed by atoms with E-state index in [2.05, 4.69) is 43.3 Å². The second-order valence-electron chi connectivity index (χ2n) is 6.30.